The number of hydrogen-bond donors (Lipinski definition) is 2. The number of hydrogen-bond acceptors (Lipinski definition) is 5. The average Bonchev–Trinajstić information content (AvgIpc) is 3.01. The van der Waals surface area contributed by atoms with E-state index in [-0.39, 0.29) is 23.3 Å². The molecule has 0 saturated heterocycles. The van der Waals surface area contributed by atoms with Gasteiger partial charge in [0.15, 0.2) is 11.5 Å². The van der Waals surface area contributed by atoms with Crippen LogP contribution in [0.2, 0.25) is 0 Å². The molecule has 132 valence electrons. The van der Waals surface area contributed by atoms with Crippen molar-refractivity contribution in [2.24, 2.45) is 0 Å². The summed E-state index contributed by atoms with van der Waals surface area (Å²) in [6, 6.07) is 10.7. The summed E-state index contributed by atoms with van der Waals surface area (Å²) in [5.41, 5.74) is 0.770. The van der Waals surface area contributed by atoms with Crippen LogP contribution in [0, 0.1) is 0 Å². The summed E-state index contributed by atoms with van der Waals surface area (Å²) in [4.78, 5) is 12.5. The molecule has 0 saturated carbocycles. The zero-order valence-electron chi connectivity index (χ0n) is 13.8. The molecule has 0 atom stereocenters. The van der Waals surface area contributed by atoms with Crippen molar-refractivity contribution >= 4 is 21.6 Å². The molecule has 1 aliphatic rings. The number of benzene rings is 2. The molecular formula is C17H18N2O5S. The number of anilines is 1. The third-order valence-electron chi connectivity index (χ3n) is 3.43. The van der Waals surface area contributed by atoms with Crippen molar-refractivity contribution in [3.63, 3.8) is 0 Å². The molecule has 0 radical (unpaired) electrons. The van der Waals surface area contributed by atoms with Crippen molar-refractivity contribution in [3.05, 3.63) is 48.0 Å². The Hall–Kier alpha value is -2.58. The molecule has 2 N–H and O–H groups in total. The quantitative estimate of drug-likeness (QED) is 0.852. The van der Waals surface area contributed by atoms with Crippen LogP contribution in [-0.4, -0.2) is 27.2 Å². The smallest absolute Gasteiger partial charge is 0.255 e. The molecule has 0 spiro atoms. The lowest BCUT2D eigenvalue weighted by Gasteiger charge is -2.11. The van der Waals surface area contributed by atoms with Crippen LogP contribution in [-0.2, 0) is 10.0 Å². The van der Waals surface area contributed by atoms with E-state index in [2.05, 4.69) is 10.0 Å². The molecule has 0 aromatic heterocycles. The lowest BCUT2D eigenvalue weighted by molar-refractivity contribution is 0.102. The van der Waals surface area contributed by atoms with Crippen LogP contribution in [0.3, 0.4) is 0 Å². The summed E-state index contributed by atoms with van der Waals surface area (Å²) >= 11 is 0. The van der Waals surface area contributed by atoms with E-state index in [1.807, 2.05) is 0 Å². The van der Waals surface area contributed by atoms with Gasteiger partial charge in [0.2, 0.25) is 16.8 Å². The van der Waals surface area contributed by atoms with E-state index in [9.17, 15) is 13.2 Å². The lowest BCUT2D eigenvalue weighted by Crippen LogP contribution is -2.30. The maximum atomic E-state index is 12.4. The molecule has 1 aliphatic heterocycles. The van der Waals surface area contributed by atoms with E-state index < -0.39 is 15.9 Å². The molecule has 1 amide bonds. The van der Waals surface area contributed by atoms with Crippen molar-refractivity contribution < 1.29 is 22.7 Å². The largest absolute Gasteiger partial charge is 0.454 e. The fourth-order valence-electron chi connectivity index (χ4n) is 2.36. The minimum absolute atomic E-state index is 0.0412. The van der Waals surface area contributed by atoms with Gasteiger partial charge in [-0.25, -0.2) is 13.1 Å². The second-order valence-corrected chi connectivity index (χ2v) is 7.54. The van der Waals surface area contributed by atoms with E-state index >= 15 is 0 Å². The van der Waals surface area contributed by atoms with Crippen molar-refractivity contribution in [1.29, 1.82) is 0 Å². The monoisotopic (exact) mass is 362 g/mol. The number of ether oxygens (including phenoxy) is 2. The van der Waals surface area contributed by atoms with E-state index in [1.165, 1.54) is 18.2 Å². The van der Waals surface area contributed by atoms with Gasteiger partial charge < -0.3 is 14.8 Å². The molecule has 0 fully saturated rings. The third kappa shape index (κ3) is 3.92. The van der Waals surface area contributed by atoms with Crippen LogP contribution in [0.1, 0.15) is 24.2 Å². The summed E-state index contributed by atoms with van der Waals surface area (Å²) in [6.45, 7) is 3.61. The summed E-state index contributed by atoms with van der Waals surface area (Å²) in [6.07, 6.45) is 0. The molecule has 7 nitrogen and oxygen atoms in total. The number of rotatable bonds is 5. The Balaban J connectivity index is 1.80. The van der Waals surface area contributed by atoms with E-state index in [4.69, 9.17) is 9.47 Å². The summed E-state index contributed by atoms with van der Waals surface area (Å²) in [5, 5.41) is 2.72. The molecule has 8 heteroatoms. The van der Waals surface area contributed by atoms with Gasteiger partial charge in [0.25, 0.3) is 5.91 Å². The van der Waals surface area contributed by atoms with E-state index in [0.29, 0.717) is 17.2 Å². The van der Waals surface area contributed by atoms with E-state index in [0.717, 1.165) is 0 Å². The zero-order valence-corrected chi connectivity index (χ0v) is 14.6. The van der Waals surface area contributed by atoms with Gasteiger partial charge >= 0.3 is 0 Å². The molecule has 2 aromatic carbocycles. The molecule has 1 heterocycles. The summed E-state index contributed by atoms with van der Waals surface area (Å²) in [5.74, 6) is 0.751. The predicted octanol–water partition coefficient (Wildman–Crippen LogP) is 2.35. The number of sulfonamides is 1. The standard InChI is InChI=1S/C17H18N2O5S/c1-11(2)19-25(21,22)14-5-3-4-12(8-14)17(20)18-13-6-7-15-16(9-13)24-10-23-15/h3-9,11,19H,10H2,1-2H3,(H,18,20). The van der Waals surface area contributed by atoms with Crippen molar-refractivity contribution in [3.8, 4) is 11.5 Å². The third-order valence-corrected chi connectivity index (χ3v) is 5.08. The van der Waals surface area contributed by atoms with Gasteiger partial charge in [0.05, 0.1) is 4.90 Å². The zero-order chi connectivity index (χ0) is 18.0. The fraction of sp³-hybridized carbons (Fsp3) is 0.235. The number of nitrogens with one attached hydrogen (secondary N) is 2. The topological polar surface area (TPSA) is 93.7 Å². The molecule has 0 aliphatic carbocycles. The number of fused-ring (bicyclic) bond motifs is 1. The average molecular weight is 362 g/mol. The Morgan fingerprint density at radius 2 is 1.84 bits per heavy atom. The van der Waals surface area contributed by atoms with Crippen molar-refractivity contribution in [1.82, 2.24) is 4.72 Å². The van der Waals surface area contributed by atoms with Crippen LogP contribution in [0.15, 0.2) is 47.4 Å². The second kappa shape index (κ2) is 6.73. The fourth-order valence-corrected chi connectivity index (χ4v) is 3.66. The maximum absolute atomic E-state index is 12.4. The lowest BCUT2D eigenvalue weighted by atomic mass is 10.2. The summed E-state index contributed by atoms with van der Waals surface area (Å²) in [7, 11) is -3.66. The first-order valence-electron chi connectivity index (χ1n) is 7.68. The van der Waals surface area contributed by atoms with Gasteiger partial charge in [-0.05, 0) is 44.2 Å². The van der Waals surface area contributed by atoms with Crippen LogP contribution in [0.25, 0.3) is 0 Å². The Morgan fingerprint density at radius 1 is 1.08 bits per heavy atom. The van der Waals surface area contributed by atoms with Gasteiger partial charge in [-0.3, -0.25) is 4.79 Å². The second-order valence-electron chi connectivity index (χ2n) is 5.83. The van der Waals surface area contributed by atoms with Crippen LogP contribution in [0.5, 0.6) is 11.5 Å². The predicted molar refractivity (Wildman–Crippen MR) is 92.4 cm³/mol. The molecule has 0 bridgehead atoms. The molecule has 3 rings (SSSR count). The highest BCUT2D eigenvalue weighted by Gasteiger charge is 2.18. The number of carbonyl (C=O) groups excluding carboxylic acids is 1. The van der Waals surface area contributed by atoms with Crippen molar-refractivity contribution in [2.45, 2.75) is 24.8 Å². The SMILES string of the molecule is CC(C)NS(=O)(=O)c1cccc(C(=O)Nc2ccc3c(c2)OCO3)c1. The number of amides is 1. The first kappa shape index (κ1) is 17.2. The maximum Gasteiger partial charge on any atom is 0.255 e. The first-order valence-corrected chi connectivity index (χ1v) is 9.17. The Labute approximate surface area is 146 Å². The first-order chi connectivity index (χ1) is 11.8. The highest BCUT2D eigenvalue weighted by Crippen LogP contribution is 2.34. The molecular weight excluding hydrogens is 344 g/mol. The van der Waals surface area contributed by atoms with Gasteiger partial charge in [-0.15, -0.1) is 0 Å². The van der Waals surface area contributed by atoms with E-state index in [1.54, 1.807) is 38.1 Å². The van der Waals surface area contributed by atoms with Crippen LogP contribution >= 0.6 is 0 Å². The Kier molecular flexibility index (Phi) is 4.65. The van der Waals surface area contributed by atoms with Crippen molar-refractivity contribution in [2.75, 3.05) is 12.1 Å². The minimum atomic E-state index is -3.66. The molecule has 2 aromatic rings. The highest BCUT2D eigenvalue weighted by atomic mass is 32.2. The minimum Gasteiger partial charge on any atom is -0.454 e. The van der Waals surface area contributed by atoms with Crippen LogP contribution in [0.4, 0.5) is 5.69 Å². The molecule has 0 unspecified atom stereocenters. The summed E-state index contributed by atoms with van der Waals surface area (Å²) < 4.78 is 37.4. The van der Waals surface area contributed by atoms with Gasteiger partial charge in [-0.1, -0.05) is 6.07 Å². The van der Waals surface area contributed by atoms with Gasteiger partial charge in [0.1, 0.15) is 0 Å². The normalized spacial score (nSPS) is 13.1. The van der Waals surface area contributed by atoms with Gasteiger partial charge in [-0.2, -0.15) is 0 Å². The Bertz CT molecular complexity index is 909. The highest BCUT2D eigenvalue weighted by molar-refractivity contribution is 7.89. The number of carbonyl (C=O) groups is 1. The van der Waals surface area contributed by atoms with Gasteiger partial charge in [0, 0.05) is 23.4 Å². The Morgan fingerprint density at radius 3 is 2.60 bits per heavy atom. The molecule has 25 heavy (non-hydrogen) atoms. The van der Waals surface area contributed by atoms with Crippen LogP contribution < -0.4 is 19.5 Å².